The molecule has 0 aliphatic heterocycles. The lowest BCUT2D eigenvalue weighted by Gasteiger charge is -2.34. The van der Waals surface area contributed by atoms with E-state index in [1.165, 1.54) is 24.1 Å². The van der Waals surface area contributed by atoms with Gasteiger partial charge in [0.15, 0.2) is 0 Å². The molecule has 2 amide bonds. The third kappa shape index (κ3) is 9.13. The van der Waals surface area contributed by atoms with Crippen molar-refractivity contribution in [2.75, 3.05) is 31.6 Å². The van der Waals surface area contributed by atoms with Crippen LogP contribution >= 0.6 is 0 Å². The van der Waals surface area contributed by atoms with E-state index in [9.17, 15) is 18.0 Å². The number of para-hydroxylation sites is 2. The Morgan fingerprint density at radius 2 is 1.47 bits per heavy atom. The van der Waals surface area contributed by atoms with Crippen LogP contribution < -0.4 is 19.1 Å². The maximum atomic E-state index is 14.7. The van der Waals surface area contributed by atoms with Crippen molar-refractivity contribution in [3.05, 3.63) is 120 Å². The number of nitrogens with zero attached hydrogens (tertiary/aromatic N) is 2. The normalized spacial score (nSPS) is 11.9. The Kier molecular flexibility index (Phi) is 12.0. The topological polar surface area (TPSA) is 105 Å². The number of carbonyl (C=O) groups is 2. The fourth-order valence-electron chi connectivity index (χ4n) is 5.13. The summed E-state index contributed by atoms with van der Waals surface area (Å²) in [4.78, 5) is 30.1. The molecule has 0 aliphatic carbocycles. The highest BCUT2D eigenvalue weighted by molar-refractivity contribution is 7.92. The van der Waals surface area contributed by atoms with Gasteiger partial charge in [-0.3, -0.25) is 13.9 Å². The second-order valence-electron chi connectivity index (χ2n) is 11.7. The number of ether oxygens (including phenoxy) is 2. The first-order chi connectivity index (χ1) is 22.5. The highest BCUT2D eigenvalue weighted by Gasteiger charge is 2.35. The molecule has 1 atom stereocenters. The molecule has 0 bridgehead atoms. The van der Waals surface area contributed by atoms with Gasteiger partial charge in [-0.1, -0.05) is 86.1 Å². The lowest BCUT2D eigenvalue weighted by Crippen LogP contribution is -2.53. The van der Waals surface area contributed by atoms with Gasteiger partial charge in [0.1, 0.15) is 24.1 Å². The summed E-state index contributed by atoms with van der Waals surface area (Å²) >= 11 is 0. The van der Waals surface area contributed by atoms with E-state index in [-0.39, 0.29) is 41.1 Å². The SMILES string of the molecule is COc1cccc(CN(C(=O)CN(c2ccccc2OC)S(=O)(=O)c2ccc(C)cc2)[C@@H](Cc2ccccc2)C(=O)NCC(C)C)c1. The largest absolute Gasteiger partial charge is 0.497 e. The molecule has 4 aromatic rings. The van der Waals surface area contributed by atoms with Crippen LogP contribution in [0.25, 0.3) is 0 Å². The van der Waals surface area contributed by atoms with Gasteiger partial charge >= 0.3 is 0 Å². The number of aryl methyl sites for hydroxylation is 1. The number of amides is 2. The summed E-state index contributed by atoms with van der Waals surface area (Å²) in [5.74, 6) is 0.167. The first kappa shape index (κ1) is 35.0. The van der Waals surface area contributed by atoms with Crippen molar-refractivity contribution < 1.29 is 27.5 Å². The molecular weight excluding hydrogens is 614 g/mol. The van der Waals surface area contributed by atoms with Gasteiger partial charge in [0.05, 0.1) is 24.8 Å². The number of hydrogen-bond donors (Lipinski definition) is 1. The van der Waals surface area contributed by atoms with E-state index >= 15 is 0 Å². The summed E-state index contributed by atoms with van der Waals surface area (Å²) in [5.41, 5.74) is 2.67. The van der Waals surface area contributed by atoms with Crippen LogP contribution in [0.1, 0.15) is 30.5 Å². The summed E-state index contributed by atoms with van der Waals surface area (Å²) in [6, 6.07) is 28.9. The Morgan fingerprint density at radius 1 is 0.809 bits per heavy atom. The van der Waals surface area contributed by atoms with Gasteiger partial charge in [-0.05, 0) is 60.4 Å². The molecule has 0 unspecified atom stereocenters. The predicted octanol–water partition coefficient (Wildman–Crippen LogP) is 5.62. The van der Waals surface area contributed by atoms with E-state index in [0.29, 0.717) is 12.3 Å². The van der Waals surface area contributed by atoms with Crippen LogP contribution in [0.15, 0.2) is 108 Å². The van der Waals surface area contributed by atoms with E-state index in [2.05, 4.69) is 5.32 Å². The average molecular weight is 658 g/mol. The van der Waals surface area contributed by atoms with E-state index in [1.54, 1.807) is 55.6 Å². The van der Waals surface area contributed by atoms with Gasteiger partial charge in [-0.2, -0.15) is 0 Å². The highest BCUT2D eigenvalue weighted by Crippen LogP contribution is 2.33. The number of anilines is 1. The van der Waals surface area contributed by atoms with Crippen LogP contribution in [-0.2, 0) is 32.6 Å². The summed E-state index contributed by atoms with van der Waals surface area (Å²) in [5, 5.41) is 3.00. The smallest absolute Gasteiger partial charge is 0.264 e. The Bertz CT molecular complexity index is 1740. The number of carbonyl (C=O) groups excluding carboxylic acids is 2. The van der Waals surface area contributed by atoms with Gasteiger partial charge in [-0.25, -0.2) is 8.42 Å². The first-order valence-corrected chi connectivity index (χ1v) is 16.9. The molecule has 47 heavy (non-hydrogen) atoms. The number of methoxy groups -OCH3 is 2. The van der Waals surface area contributed by atoms with Crippen molar-refractivity contribution in [3.63, 3.8) is 0 Å². The zero-order chi connectivity index (χ0) is 34.0. The quantitative estimate of drug-likeness (QED) is 0.178. The Balaban J connectivity index is 1.83. The molecule has 9 nitrogen and oxygen atoms in total. The van der Waals surface area contributed by atoms with Crippen LogP contribution in [-0.4, -0.2) is 58.5 Å². The summed E-state index contributed by atoms with van der Waals surface area (Å²) in [6.45, 7) is 5.72. The Labute approximate surface area is 278 Å². The van der Waals surface area contributed by atoms with E-state index in [0.717, 1.165) is 21.0 Å². The van der Waals surface area contributed by atoms with Gasteiger partial charge in [-0.15, -0.1) is 0 Å². The molecular formula is C37H43N3O6S. The second-order valence-corrected chi connectivity index (χ2v) is 13.6. The molecule has 0 radical (unpaired) electrons. The molecule has 0 spiro atoms. The summed E-state index contributed by atoms with van der Waals surface area (Å²) in [7, 11) is -1.25. The fourth-order valence-corrected chi connectivity index (χ4v) is 6.56. The Hall–Kier alpha value is -4.83. The number of hydrogen-bond acceptors (Lipinski definition) is 6. The van der Waals surface area contributed by atoms with E-state index < -0.39 is 28.5 Å². The molecule has 0 heterocycles. The van der Waals surface area contributed by atoms with Crippen LogP contribution in [0.4, 0.5) is 5.69 Å². The summed E-state index contributed by atoms with van der Waals surface area (Å²) in [6.07, 6.45) is 0.222. The maximum absolute atomic E-state index is 14.7. The van der Waals surface area contributed by atoms with Crippen molar-refractivity contribution >= 4 is 27.5 Å². The predicted molar refractivity (Wildman–Crippen MR) is 184 cm³/mol. The lowest BCUT2D eigenvalue weighted by atomic mass is 10.0. The van der Waals surface area contributed by atoms with Crippen LogP contribution in [0.2, 0.25) is 0 Å². The maximum Gasteiger partial charge on any atom is 0.264 e. The molecule has 4 aromatic carbocycles. The molecule has 4 rings (SSSR count). The van der Waals surface area contributed by atoms with Gasteiger partial charge in [0.2, 0.25) is 11.8 Å². The minimum atomic E-state index is -4.26. The standard InChI is InChI=1S/C37H43N3O6S/c1-27(2)24-38-37(42)34(23-29-12-7-6-8-13-29)39(25-30-14-11-15-31(22-30)45-4)36(41)26-40(33-16-9-10-17-35(33)46-5)47(43,44)32-20-18-28(3)19-21-32/h6-22,27,34H,23-26H2,1-5H3,(H,38,42)/t34-/m0/s1. The molecule has 0 aromatic heterocycles. The monoisotopic (exact) mass is 657 g/mol. The Morgan fingerprint density at radius 3 is 2.13 bits per heavy atom. The van der Waals surface area contributed by atoms with Crippen LogP contribution in [0.3, 0.4) is 0 Å². The molecule has 0 saturated heterocycles. The van der Waals surface area contributed by atoms with Crippen molar-refractivity contribution in [1.29, 1.82) is 0 Å². The van der Waals surface area contributed by atoms with Crippen LogP contribution in [0, 0.1) is 12.8 Å². The number of rotatable bonds is 15. The minimum absolute atomic E-state index is 0.0247. The molecule has 0 saturated carbocycles. The van der Waals surface area contributed by atoms with Crippen molar-refractivity contribution in [2.24, 2.45) is 5.92 Å². The summed E-state index contributed by atoms with van der Waals surface area (Å²) < 4.78 is 40.6. The number of benzene rings is 4. The van der Waals surface area contributed by atoms with Gasteiger partial charge in [0, 0.05) is 19.5 Å². The molecule has 248 valence electrons. The highest BCUT2D eigenvalue weighted by atomic mass is 32.2. The lowest BCUT2D eigenvalue weighted by molar-refractivity contribution is -0.140. The van der Waals surface area contributed by atoms with Crippen LogP contribution in [0.5, 0.6) is 11.5 Å². The van der Waals surface area contributed by atoms with Crippen molar-refractivity contribution in [2.45, 2.75) is 44.7 Å². The third-order valence-corrected chi connectivity index (χ3v) is 9.46. The zero-order valence-electron chi connectivity index (χ0n) is 27.6. The zero-order valence-corrected chi connectivity index (χ0v) is 28.4. The second kappa shape index (κ2) is 16.1. The minimum Gasteiger partial charge on any atom is -0.497 e. The van der Waals surface area contributed by atoms with Crippen molar-refractivity contribution in [1.82, 2.24) is 10.2 Å². The molecule has 1 N–H and O–H groups in total. The molecule has 0 aliphatic rings. The third-order valence-electron chi connectivity index (χ3n) is 7.68. The first-order valence-electron chi connectivity index (χ1n) is 15.5. The van der Waals surface area contributed by atoms with Gasteiger partial charge < -0.3 is 19.7 Å². The van der Waals surface area contributed by atoms with Gasteiger partial charge in [0.25, 0.3) is 10.0 Å². The number of nitrogens with one attached hydrogen (secondary N) is 1. The number of sulfonamides is 1. The van der Waals surface area contributed by atoms with E-state index in [1.807, 2.05) is 63.2 Å². The average Bonchev–Trinajstić information content (AvgIpc) is 3.08. The van der Waals surface area contributed by atoms with Crippen molar-refractivity contribution in [3.8, 4) is 11.5 Å². The fraction of sp³-hybridized carbons (Fsp3) is 0.297. The molecule has 10 heteroatoms. The van der Waals surface area contributed by atoms with E-state index in [4.69, 9.17) is 9.47 Å². The molecule has 0 fully saturated rings.